The van der Waals surface area contributed by atoms with Crippen LogP contribution < -0.4 is 11.1 Å². The van der Waals surface area contributed by atoms with Crippen molar-refractivity contribution < 1.29 is 0 Å². The van der Waals surface area contributed by atoms with Gasteiger partial charge in [-0.05, 0) is 38.4 Å². The van der Waals surface area contributed by atoms with Gasteiger partial charge < -0.3 is 16.0 Å². The molecule has 2 rings (SSSR count). The van der Waals surface area contributed by atoms with Crippen molar-refractivity contribution in [2.24, 2.45) is 0 Å². The summed E-state index contributed by atoms with van der Waals surface area (Å²) in [6.45, 7) is 1.97. The Morgan fingerprint density at radius 3 is 2.61 bits per heavy atom. The number of anilines is 1. The quantitative estimate of drug-likeness (QED) is 0.862. The Morgan fingerprint density at radius 2 is 2.06 bits per heavy atom. The fraction of sp³-hybridized carbons (Fsp3) is 0.714. The van der Waals surface area contributed by atoms with Crippen LogP contribution in [0.3, 0.4) is 0 Å². The van der Waals surface area contributed by atoms with E-state index in [4.69, 9.17) is 5.73 Å². The van der Waals surface area contributed by atoms with Gasteiger partial charge in [-0.15, -0.1) is 11.3 Å². The van der Waals surface area contributed by atoms with E-state index in [9.17, 15) is 0 Å². The molecule has 1 aliphatic rings. The first-order valence-electron chi connectivity index (χ1n) is 6.84. The van der Waals surface area contributed by atoms with Gasteiger partial charge in [0.25, 0.3) is 0 Å². The predicted octanol–water partition coefficient (Wildman–Crippen LogP) is 2.68. The molecule has 0 spiro atoms. The van der Waals surface area contributed by atoms with E-state index >= 15 is 0 Å². The Kier molecular flexibility index (Phi) is 4.65. The first-order chi connectivity index (χ1) is 8.64. The highest BCUT2D eigenvalue weighted by Gasteiger charge is 2.33. The molecule has 1 saturated carbocycles. The minimum atomic E-state index is 0.351. The lowest BCUT2D eigenvalue weighted by atomic mass is 9.80. The summed E-state index contributed by atoms with van der Waals surface area (Å²) in [5, 5.41) is 5.67. The van der Waals surface area contributed by atoms with Crippen LogP contribution in [-0.2, 0) is 6.54 Å². The molecule has 0 saturated heterocycles. The number of nitrogens with two attached hydrogens (primary N) is 1. The minimum absolute atomic E-state index is 0.351. The van der Waals surface area contributed by atoms with Crippen molar-refractivity contribution in [3.63, 3.8) is 0 Å². The van der Waals surface area contributed by atoms with Crippen LogP contribution in [-0.4, -0.2) is 31.1 Å². The van der Waals surface area contributed by atoms with E-state index in [1.54, 1.807) is 11.3 Å². The second-order valence-electron chi connectivity index (χ2n) is 5.58. The minimum Gasteiger partial charge on any atom is -0.398 e. The second-order valence-corrected chi connectivity index (χ2v) is 6.58. The summed E-state index contributed by atoms with van der Waals surface area (Å²) in [6, 6.07) is 1.99. The zero-order valence-electron chi connectivity index (χ0n) is 11.5. The molecule has 0 aliphatic heterocycles. The van der Waals surface area contributed by atoms with Gasteiger partial charge in [0.1, 0.15) is 0 Å². The number of nitrogens with zero attached hydrogens (tertiary/aromatic N) is 1. The Labute approximate surface area is 114 Å². The molecule has 1 aliphatic carbocycles. The number of likely N-dealkylation sites (N-methyl/N-ethyl adjacent to an activating group) is 1. The molecule has 0 amide bonds. The SMILES string of the molecule is CN(C)C1(CNCc2sccc2N)CCCCC1. The van der Waals surface area contributed by atoms with Crippen LogP contribution in [0.2, 0.25) is 0 Å². The van der Waals surface area contributed by atoms with E-state index in [0.29, 0.717) is 5.54 Å². The number of nitrogens with one attached hydrogen (secondary N) is 1. The molecule has 1 fully saturated rings. The van der Waals surface area contributed by atoms with Crippen molar-refractivity contribution in [3.8, 4) is 0 Å². The van der Waals surface area contributed by atoms with Crippen molar-refractivity contribution >= 4 is 17.0 Å². The highest BCUT2D eigenvalue weighted by Crippen LogP contribution is 2.31. The third kappa shape index (κ3) is 3.05. The van der Waals surface area contributed by atoms with Crippen molar-refractivity contribution in [2.45, 2.75) is 44.2 Å². The highest BCUT2D eigenvalue weighted by molar-refractivity contribution is 7.10. The fourth-order valence-electron chi connectivity index (χ4n) is 2.89. The Balaban J connectivity index is 1.88. The molecule has 102 valence electrons. The third-order valence-corrected chi connectivity index (χ3v) is 5.19. The summed E-state index contributed by atoms with van der Waals surface area (Å²) >= 11 is 1.74. The number of thiophene rings is 1. The van der Waals surface area contributed by atoms with Gasteiger partial charge in [-0.25, -0.2) is 0 Å². The fourth-order valence-corrected chi connectivity index (χ4v) is 3.66. The monoisotopic (exact) mass is 267 g/mol. The zero-order valence-corrected chi connectivity index (χ0v) is 12.4. The van der Waals surface area contributed by atoms with Crippen LogP contribution in [0.1, 0.15) is 37.0 Å². The summed E-state index contributed by atoms with van der Waals surface area (Å²) < 4.78 is 0. The van der Waals surface area contributed by atoms with Crippen LogP contribution in [0, 0.1) is 0 Å². The summed E-state index contributed by atoms with van der Waals surface area (Å²) in [5.41, 5.74) is 7.19. The van der Waals surface area contributed by atoms with E-state index in [1.807, 2.05) is 6.07 Å². The van der Waals surface area contributed by atoms with E-state index in [1.165, 1.54) is 37.0 Å². The van der Waals surface area contributed by atoms with Gasteiger partial charge in [-0.1, -0.05) is 19.3 Å². The number of hydrogen-bond acceptors (Lipinski definition) is 4. The molecule has 3 N–H and O–H groups in total. The van der Waals surface area contributed by atoms with Gasteiger partial charge in [0.2, 0.25) is 0 Å². The summed E-state index contributed by atoms with van der Waals surface area (Å²) in [4.78, 5) is 3.68. The molecule has 0 unspecified atom stereocenters. The van der Waals surface area contributed by atoms with Gasteiger partial charge in [0.15, 0.2) is 0 Å². The van der Waals surface area contributed by atoms with Crippen LogP contribution in [0.15, 0.2) is 11.4 Å². The molecule has 4 heteroatoms. The van der Waals surface area contributed by atoms with Crippen LogP contribution in [0.5, 0.6) is 0 Å². The molecule has 18 heavy (non-hydrogen) atoms. The van der Waals surface area contributed by atoms with Crippen molar-refractivity contribution in [3.05, 3.63) is 16.3 Å². The van der Waals surface area contributed by atoms with Crippen molar-refractivity contribution in [2.75, 3.05) is 26.4 Å². The van der Waals surface area contributed by atoms with Gasteiger partial charge in [-0.2, -0.15) is 0 Å². The molecule has 0 bridgehead atoms. The normalized spacial score (nSPS) is 19.3. The van der Waals surface area contributed by atoms with Crippen molar-refractivity contribution in [1.29, 1.82) is 0 Å². The average molecular weight is 267 g/mol. The largest absolute Gasteiger partial charge is 0.398 e. The number of rotatable bonds is 5. The lowest BCUT2D eigenvalue weighted by molar-refractivity contribution is 0.0985. The maximum Gasteiger partial charge on any atom is 0.0468 e. The third-order valence-electron chi connectivity index (χ3n) is 4.25. The first kappa shape index (κ1) is 13.8. The maximum absolute atomic E-state index is 5.91. The number of hydrogen-bond donors (Lipinski definition) is 2. The standard InChI is InChI=1S/C14H25N3S/c1-17(2)14(7-4-3-5-8-14)11-16-10-13-12(15)6-9-18-13/h6,9,16H,3-5,7-8,10-11,15H2,1-2H3. The molecular formula is C14H25N3S. The highest BCUT2D eigenvalue weighted by atomic mass is 32.1. The number of nitrogen functional groups attached to an aromatic ring is 1. The Morgan fingerprint density at radius 1 is 1.33 bits per heavy atom. The Hall–Kier alpha value is -0.580. The lowest BCUT2D eigenvalue weighted by Gasteiger charge is -2.43. The molecule has 0 radical (unpaired) electrons. The zero-order chi connectivity index (χ0) is 13.0. The van der Waals surface area contributed by atoms with Crippen molar-refractivity contribution in [1.82, 2.24) is 10.2 Å². The molecular weight excluding hydrogens is 242 g/mol. The molecule has 3 nitrogen and oxygen atoms in total. The molecule has 0 aromatic carbocycles. The maximum atomic E-state index is 5.91. The van der Waals surface area contributed by atoms with E-state index in [0.717, 1.165) is 18.8 Å². The molecule has 0 atom stereocenters. The summed E-state index contributed by atoms with van der Waals surface area (Å²) in [6.07, 6.45) is 6.75. The Bertz CT molecular complexity index is 367. The van der Waals surface area contributed by atoms with E-state index in [-0.39, 0.29) is 0 Å². The predicted molar refractivity (Wildman–Crippen MR) is 79.9 cm³/mol. The van der Waals surface area contributed by atoms with Crippen LogP contribution in [0.4, 0.5) is 5.69 Å². The van der Waals surface area contributed by atoms with Gasteiger partial charge in [0.05, 0.1) is 0 Å². The average Bonchev–Trinajstić information content (AvgIpc) is 2.76. The van der Waals surface area contributed by atoms with Crippen LogP contribution >= 0.6 is 11.3 Å². The molecule has 1 heterocycles. The topological polar surface area (TPSA) is 41.3 Å². The van der Waals surface area contributed by atoms with Gasteiger partial charge in [-0.3, -0.25) is 0 Å². The lowest BCUT2D eigenvalue weighted by Crippen LogP contribution is -2.52. The van der Waals surface area contributed by atoms with E-state index < -0.39 is 0 Å². The molecule has 1 aromatic rings. The second kappa shape index (κ2) is 6.04. The van der Waals surface area contributed by atoms with E-state index in [2.05, 4.69) is 29.7 Å². The van der Waals surface area contributed by atoms with Crippen LogP contribution in [0.25, 0.3) is 0 Å². The molecule has 1 aromatic heterocycles. The summed E-state index contributed by atoms with van der Waals surface area (Å²) in [5.74, 6) is 0. The van der Waals surface area contributed by atoms with Gasteiger partial charge >= 0.3 is 0 Å². The smallest absolute Gasteiger partial charge is 0.0468 e. The first-order valence-corrected chi connectivity index (χ1v) is 7.72. The van der Waals surface area contributed by atoms with Gasteiger partial charge in [0, 0.05) is 29.2 Å². The summed E-state index contributed by atoms with van der Waals surface area (Å²) in [7, 11) is 4.43.